The predicted molar refractivity (Wildman–Crippen MR) is 90.7 cm³/mol. The minimum Gasteiger partial charge on any atom is -0.476 e. The molecule has 3 fully saturated rings. The van der Waals surface area contributed by atoms with E-state index in [2.05, 4.69) is 9.97 Å². The number of ketones is 1. The Balaban J connectivity index is 1.26. The molecule has 26 heavy (non-hydrogen) atoms. The number of carbonyl (C=O) groups excluding carboxylic acids is 1. The second-order valence-electron chi connectivity index (χ2n) is 7.47. The molecule has 5 nitrogen and oxygen atoms in total. The van der Waals surface area contributed by atoms with Crippen molar-refractivity contribution in [3.8, 4) is 11.9 Å². The molecule has 1 aromatic carbocycles. The number of aryl methyl sites for hydroxylation is 1. The summed E-state index contributed by atoms with van der Waals surface area (Å²) >= 11 is 0. The lowest BCUT2D eigenvalue weighted by Crippen LogP contribution is -2.67. The van der Waals surface area contributed by atoms with Crippen molar-refractivity contribution in [2.75, 3.05) is 6.61 Å². The Kier molecular flexibility index (Phi) is 3.95. The van der Waals surface area contributed by atoms with Gasteiger partial charge in [0.25, 0.3) is 0 Å². The molecule has 2 bridgehead atoms. The highest BCUT2D eigenvalue weighted by atomic mass is 19.1. The molecule has 0 atom stereocenters. The molecule has 0 aliphatic heterocycles. The zero-order valence-corrected chi connectivity index (χ0v) is 14.2. The summed E-state index contributed by atoms with van der Waals surface area (Å²) in [5.41, 5.74) is 0.695. The molecule has 1 heterocycles. The first-order chi connectivity index (χ1) is 12.5. The first-order valence-corrected chi connectivity index (χ1v) is 8.66. The molecule has 0 saturated heterocycles. The zero-order valence-electron chi connectivity index (χ0n) is 14.2. The first kappa shape index (κ1) is 16.6. The van der Waals surface area contributed by atoms with E-state index >= 15 is 0 Å². The van der Waals surface area contributed by atoms with Gasteiger partial charge < -0.3 is 4.74 Å². The number of hydrogen-bond acceptors (Lipinski definition) is 5. The van der Waals surface area contributed by atoms with Crippen molar-refractivity contribution in [3.05, 3.63) is 53.7 Å². The van der Waals surface area contributed by atoms with E-state index in [4.69, 9.17) is 10.00 Å². The molecule has 1 aromatic heterocycles. The van der Waals surface area contributed by atoms with Gasteiger partial charge in [0.2, 0.25) is 5.88 Å². The van der Waals surface area contributed by atoms with Crippen LogP contribution in [0, 0.1) is 28.0 Å². The first-order valence-electron chi connectivity index (χ1n) is 8.66. The van der Waals surface area contributed by atoms with Crippen LogP contribution in [-0.2, 0) is 11.2 Å². The summed E-state index contributed by atoms with van der Waals surface area (Å²) in [4.78, 5) is 20.5. The molecule has 2 aromatic rings. The van der Waals surface area contributed by atoms with E-state index in [-0.39, 0.29) is 28.1 Å². The van der Waals surface area contributed by atoms with Gasteiger partial charge in [-0.15, -0.1) is 0 Å². The van der Waals surface area contributed by atoms with Crippen LogP contribution in [0.3, 0.4) is 0 Å². The summed E-state index contributed by atoms with van der Waals surface area (Å²) in [7, 11) is 0. The van der Waals surface area contributed by atoms with Gasteiger partial charge in [-0.1, -0.05) is 18.2 Å². The lowest BCUT2D eigenvalue weighted by molar-refractivity contribution is -0.215. The topological polar surface area (TPSA) is 75.9 Å². The van der Waals surface area contributed by atoms with Crippen LogP contribution >= 0.6 is 0 Å². The average Bonchev–Trinajstić information content (AvgIpc) is 2.59. The molecule has 6 heteroatoms. The molecule has 3 saturated carbocycles. The molecule has 0 N–H and O–H groups in total. The Morgan fingerprint density at radius 2 is 2.00 bits per heavy atom. The molecule has 3 aliphatic rings. The van der Waals surface area contributed by atoms with Gasteiger partial charge in [-0.25, -0.2) is 14.4 Å². The van der Waals surface area contributed by atoms with Gasteiger partial charge in [0.15, 0.2) is 5.69 Å². The van der Waals surface area contributed by atoms with Crippen LogP contribution in [0.25, 0.3) is 0 Å². The van der Waals surface area contributed by atoms with Crippen molar-refractivity contribution in [1.82, 2.24) is 9.97 Å². The fourth-order valence-corrected chi connectivity index (χ4v) is 4.34. The molecule has 0 amide bonds. The highest BCUT2D eigenvalue weighted by Gasteiger charge is 2.70. The SMILES string of the molecule is N#Cc1cnc(OCC23CC(C(=O)CCc4ccccc4F)(C2)C3)cn1. The van der Waals surface area contributed by atoms with Crippen LogP contribution in [0.1, 0.15) is 36.9 Å². The molecule has 0 radical (unpaired) electrons. The molecule has 5 rings (SSSR count). The van der Waals surface area contributed by atoms with E-state index < -0.39 is 0 Å². The lowest BCUT2D eigenvalue weighted by atomic mass is 9.34. The fourth-order valence-electron chi connectivity index (χ4n) is 4.34. The molecule has 132 valence electrons. The average molecular weight is 351 g/mol. The number of aromatic nitrogens is 2. The van der Waals surface area contributed by atoms with E-state index in [0.29, 0.717) is 30.9 Å². The van der Waals surface area contributed by atoms with Gasteiger partial charge in [0, 0.05) is 17.3 Å². The van der Waals surface area contributed by atoms with E-state index in [1.807, 2.05) is 6.07 Å². The molecular weight excluding hydrogens is 333 g/mol. The normalized spacial score (nSPS) is 25.5. The minimum atomic E-state index is -0.244. The number of rotatable bonds is 7. The Morgan fingerprint density at radius 1 is 1.23 bits per heavy atom. The van der Waals surface area contributed by atoms with Crippen LogP contribution in [0.2, 0.25) is 0 Å². The largest absolute Gasteiger partial charge is 0.476 e. The van der Waals surface area contributed by atoms with Gasteiger partial charge in [-0.05, 0) is 37.3 Å². The zero-order chi connectivity index (χ0) is 18.2. The van der Waals surface area contributed by atoms with Gasteiger partial charge in [-0.2, -0.15) is 5.26 Å². The second-order valence-corrected chi connectivity index (χ2v) is 7.47. The van der Waals surface area contributed by atoms with Crippen LogP contribution in [0.5, 0.6) is 5.88 Å². The third-order valence-corrected chi connectivity index (χ3v) is 5.58. The quantitative estimate of drug-likeness (QED) is 0.765. The van der Waals surface area contributed by atoms with E-state index in [1.54, 1.807) is 18.2 Å². The number of nitriles is 1. The number of ether oxygens (including phenoxy) is 1. The number of hydrogen-bond donors (Lipinski definition) is 0. The summed E-state index contributed by atoms with van der Waals surface area (Å²) < 4.78 is 19.3. The second kappa shape index (κ2) is 6.17. The highest BCUT2D eigenvalue weighted by Crippen LogP contribution is 2.73. The molecule has 0 spiro atoms. The third-order valence-electron chi connectivity index (χ3n) is 5.58. The van der Waals surface area contributed by atoms with Gasteiger partial charge >= 0.3 is 0 Å². The third kappa shape index (κ3) is 2.84. The Labute approximate surface area is 150 Å². The summed E-state index contributed by atoms with van der Waals surface area (Å²) in [6.45, 7) is 0.510. The number of halogens is 1. The van der Waals surface area contributed by atoms with Crippen molar-refractivity contribution in [2.24, 2.45) is 10.8 Å². The highest BCUT2D eigenvalue weighted by molar-refractivity contribution is 5.88. The van der Waals surface area contributed by atoms with Crippen LogP contribution in [0.15, 0.2) is 36.7 Å². The molecular formula is C20H18FN3O2. The maximum absolute atomic E-state index is 13.7. The fraction of sp³-hybridized carbons (Fsp3) is 0.400. The Hall–Kier alpha value is -2.81. The standard InChI is InChI=1S/C20H18FN3O2/c21-16-4-2-1-3-14(16)5-6-17(25)20-10-19(11-20,12-20)13-26-18-9-23-15(7-22)8-24-18/h1-4,8-9H,5-6,10-13H2. The Morgan fingerprint density at radius 3 is 2.65 bits per heavy atom. The Bertz CT molecular complexity index is 869. The lowest BCUT2D eigenvalue weighted by Gasteiger charge is -2.69. The smallest absolute Gasteiger partial charge is 0.232 e. The van der Waals surface area contributed by atoms with Crippen molar-refractivity contribution >= 4 is 5.78 Å². The maximum atomic E-state index is 13.7. The van der Waals surface area contributed by atoms with Crippen molar-refractivity contribution in [1.29, 1.82) is 5.26 Å². The number of Topliss-reactive ketones (excluding diaryl/α,β-unsaturated/α-hetero) is 1. The van der Waals surface area contributed by atoms with Gasteiger partial charge in [0.1, 0.15) is 17.7 Å². The maximum Gasteiger partial charge on any atom is 0.232 e. The monoisotopic (exact) mass is 351 g/mol. The summed E-state index contributed by atoms with van der Waals surface area (Å²) in [5, 5.41) is 8.71. The molecule has 0 unspecified atom stereocenters. The number of nitrogens with zero attached hydrogens (tertiary/aromatic N) is 3. The van der Waals surface area contributed by atoms with Crippen LogP contribution in [-0.4, -0.2) is 22.4 Å². The van der Waals surface area contributed by atoms with E-state index in [0.717, 1.165) is 19.3 Å². The summed E-state index contributed by atoms with van der Waals surface area (Å²) in [5.74, 6) is 0.390. The van der Waals surface area contributed by atoms with E-state index in [1.165, 1.54) is 18.5 Å². The van der Waals surface area contributed by atoms with Crippen molar-refractivity contribution in [3.63, 3.8) is 0 Å². The molecule has 3 aliphatic carbocycles. The van der Waals surface area contributed by atoms with Crippen LogP contribution in [0.4, 0.5) is 4.39 Å². The van der Waals surface area contributed by atoms with Gasteiger partial charge in [-0.3, -0.25) is 4.79 Å². The van der Waals surface area contributed by atoms with Crippen molar-refractivity contribution in [2.45, 2.75) is 32.1 Å². The summed E-state index contributed by atoms with van der Waals surface area (Å²) in [6.07, 6.45) is 6.17. The van der Waals surface area contributed by atoms with E-state index in [9.17, 15) is 9.18 Å². The predicted octanol–water partition coefficient (Wildman–Crippen LogP) is 3.24. The number of benzene rings is 1. The van der Waals surface area contributed by atoms with Crippen LogP contribution < -0.4 is 4.74 Å². The number of carbonyl (C=O) groups is 1. The van der Waals surface area contributed by atoms with Gasteiger partial charge in [0.05, 0.1) is 19.0 Å². The minimum absolute atomic E-state index is 0.0588. The van der Waals surface area contributed by atoms with Crippen molar-refractivity contribution < 1.29 is 13.9 Å². The summed E-state index contributed by atoms with van der Waals surface area (Å²) in [6, 6.07) is 8.53.